The van der Waals surface area contributed by atoms with Gasteiger partial charge in [0.2, 0.25) is 0 Å². The van der Waals surface area contributed by atoms with E-state index in [1.165, 1.54) is 0 Å². The molecule has 0 fully saturated rings. The van der Waals surface area contributed by atoms with Gasteiger partial charge in [0.1, 0.15) is 17.3 Å². The van der Waals surface area contributed by atoms with Crippen molar-refractivity contribution in [1.82, 2.24) is 4.98 Å². The van der Waals surface area contributed by atoms with Crippen molar-refractivity contribution in [1.29, 1.82) is 0 Å². The number of rotatable bonds is 1. The SMILES string of the molecule is Oc1cc(F)cnc1C(F)F. The normalized spacial score (nSPS) is 10.5. The number of alkyl halides is 2. The molecule has 0 amide bonds. The molecule has 0 spiro atoms. The molecule has 60 valence electrons. The predicted octanol–water partition coefficient (Wildman–Crippen LogP) is 1.86. The van der Waals surface area contributed by atoms with Gasteiger partial charge in [0.05, 0.1) is 6.20 Å². The average Bonchev–Trinajstić information content (AvgIpc) is 1.85. The van der Waals surface area contributed by atoms with Gasteiger partial charge in [-0.2, -0.15) is 0 Å². The summed E-state index contributed by atoms with van der Waals surface area (Å²) < 4.78 is 35.8. The van der Waals surface area contributed by atoms with Crippen molar-refractivity contribution >= 4 is 0 Å². The number of halogens is 3. The minimum atomic E-state index is -2.88. The third-order valence-corrected chi connectivity index (χ3v) is 1.07. The highest BCUT2D eigenvalue weighted by molar-refractivity contribution is 5.26. The van der Waals surface area contributed by atoms with Gasteiger partial charge in [-0.05, 0) is 0 Å². The molecule has 0 bridgehead atoms. The molecule has 0 radical (unpaired) electrons. The van der Waals surface area contributed by atoms with E-state index >= 15 is 0 Å². The topological polar surface area (TPSA) is 33.1 Å². The molecule has 11 heavy (non-hydrogen) atoms. The Hall–Kier alpha value is -1.26. The fourth-order valence-electron chi connectivity index (χ4n) is 0.607. The Morgan fingerprint density at radius 3 is 2.55 bits per heavy atom. The summed E-state index contributed by atoms with van der Waals surface area (Å²) in [6, 6.07) is 0.592. The first kappa shape index (κ1) is 7.84. The highest BCUT2D eigenvalue weighted by atomic mass is 19.3. The van der Waals surface area contributed by atoms with Crippen molar-refractivity contribution in [2.45, 2.75) is 6.43 Å². The summed E-state index contributed by atoms with van der Waals surface area (Å²) in [5.74, 6) is -1.66. The third-order valence-electron chi connectivity index (χ3n) is 1.07. The third kappa shape index (κ3) is 1.60. The Balaban J connectivity index is 3.09. The molecule has 0 aliphatic rings. The molecule has 0 aromatic carbocycles. The highest BCUT2D eigenvalue weighted by Crippen LogP contribution is 2.25. The van der Waals surface area contributed by atoms with Gasteiger partial charge in [-0.1, -0.05) is 0 Å². The number of pyridine rings is 1. The van der Waals surface area contributed by atoms with Crippen LogP contribution < -0.4 is 0 Å². The lowest BCUT2D eigenvalue weighted by Gasteiger charge is -2.00. The molecule has 0 atom stereocenters. The van der Waals surface area contributed by atoms with Gasteiger partial charge in [0, 0.05) is 6.07 Å². The number of hydrogen-bond donors (Lipinski definition) is 1. The van der Waals surface area contributed by atoms with Gasteiger partial charge in [-0.25, -0.2) is 18.2 Å². The van der Waals surface area contributed by atoms with Crippen LogP contribution in [-0.2, 0) is 0 Å². The largest absolute Gasteiger partial charge is 0.506 e. The van der Waals surface area contributed by atoms with Gasteiger partial charge in [-0.3, -0.25) is 0 Å². The summed E-state index contributed by atoms with van der Waals surface area (Å²) in [6.07, 6.45) is -2.25. The predicted molar refractivity (Wildman–Crippen MR) is 30.8 cm³/mol. The molecule has 1 rings (SSSR count). The van der Waals surface area contributed by atoms with Crippen LogP contribution in [0.3, 0.4) is 0 Å². The molecule has 0 unspecified atom stereocenters. The first-order valence-corrected chi connectivity index (χ1v) is 2.74. The molecular formula is C6H4F3NO. The van der Waals surface area contributed by atoms with Gasteiger partial charge in [-0.15, -0.1) is 0 Å². The van der Waals surface area contributed by atoms with E-state index in [4.69, 9.17) is 5.11 Å². The van der Waals surface area contributed by atoms with Crippen LogP contribution in [0.5, 0.6) is 5.75 Å². The molecule has 1 heterocycles. The van der Waals surface area contributed by atoms with E-state index < -0.39 is 23.7 Å². The van der Waals surface area contributed by atoms with Crippen LogP contribution in [0.2, 0.25) is 0 Å². The van der Waals surface area contributed by atoms with Crippen LogP contribution in [-0.4, -0.2) is 10.1 Å². The van der Waals surface area contributed by atoms with Crippen LogP contribution in [0, 0.1) is 5.82 Å². The molecule has 0 aliphatic carbocycles. The summed E-state index contributed by atoms with van der Waals surface area (Å²) in [7, 11) is 0. The Morgan fingerprint density at radius 2 is 2.09 bits per heavy atom. The van der Waals surface area contributed by atoms with Gasteiger partial charge < -0.3 is 5.11 Å². The highest BCUT2D eigenvalue weighted by Gasteiger charge is 2.14. The summed E-state index contributed by atoms with van der Waals surface area (Å²) in [6.45, 7) is 0. The van der Waals surface area contributed by atoms with Crippen LogP contribution >= 0.6 is 0 Å². The second-order valence-electron chi connectivity index (χ2n) is 1.86. The van der Waals surface area contributed by atoms with Gasteiger partial charge in [0.25, 0.3) is 6.43 Å². The quantitative estimate of drug-likeness (QED) is 0.685. The number of nitrogens with zero attached hydrogens (tertiary/aromatic N) is 1. The van der Waals surface area contributed by atoms with E-state index in [1.807, 2.05) is 0 Å². The van der Waals surface area contributed by atoms with Crippen LogP contribution in [0.25, 0.3) is 0 Å². The summed E-state index contributed by atoms with van der Waals surface area (Å²) in [5.41, 5.74) is -0.800. The maximum atomic E-state index is 12.1. The zero-order valence-corrected chi connectivity index (χ0v) is 5.26. The van der Waals surface area contributed by atoms with Crippen LogP contribution in [0.15, 0.2) is 12.3 Å². The van der Waals surface area contributed by atoms with Crippen molar-refractivity contribution in [3.8, 4) is 5.75 Å². The minimum absolute atomic E-state index is 0.592. The lowest BCUT2D eigenvalue weighted by Crippen LogP contribution is -1.91. The van der Waals surface area contributed by atoms with Crippen molar-refractivity contribution < 1.29 is 18.3 Å². The van der Waals surface area contributed by atoms with Gasteiger partial charge in [0.15, 0.2) is 0 Å². The fraction of sp³-hybridized carbons (Fsp3) is 0.167. The zero-order valence-electron chi connectivity index (χ0n) is 5.26. The van der Waals surface area contributed by atoms with Crippen LogP contribution in [0.1, 0.15) is 12.1 Å². The number of aromatic nitrogens is 1. The molecule has 0 aliphatic heterocycles. The van der Waals surface area contributed by atoms with Crippen molar-refractivity contribution in [2.75, 3.05) is 0 Å². The maximum Gasteiger partial charge on any atom is 0.284 e. The van der Waals surface area contributed by atoms with E-state index in [0.717, 1.165) is 0 Å². The molecule has 5 heteroatoms. The zero-order chi connectivity index (χ0) is 8.43. The second kappa shape index (κ2) is 2.77. The van der Waals surface area contributed by atoms with E-state index in [9.17, 15) is 13.2 Å². The van der Waals surface area contributed by atoms with Crippen molar-refractivity contribution in [3.63, 3.8) is 0 Å². The average molecular weight is 163 g/mol. The summed E-state index contributed by atoms with van der Waals surface area (Å²) >= 11 is 0. The Morgan fingerprint density at radius 1 is 1.45 bits per heavy atom. The maximum absolute atomic E-state index is 12.1. The van der Waals surface area contributed by atoms with E-state index in [1.54, 1.807) is 0 Å². The molecule has 1 aromatic rings. The molecule has 1 aromatic heterocycles. The number of aromatic hydroxyl groups is 1. The number of hydrogen-bond acceptors (Lipinski definition) is 2. The Labute approximate surface area is 60.3 Å². The summed E-state index contributed by atoms with van der Waals surface area (Å²) in [5, 5.41) is 8.68. The standard InChI is InChI=1S/C6H4F3NO/c7-3-1-4(11)5(6(8)9)10-2-3/h1-2,6,11H. The second-order valence-corrected chi connectivity index (χ2v) is 1.86. The lowest BCUT2D eigenvalue weighted by molar-refractivity contribution is 0.141. The molecule has 0 saturated carbocycles. The fourth-order valence-corrected chi connectivity index (χ4v) is 0.607. The molecule has 2 nitrogen and oxygen atoms in total. The smallest absolute Gasteiger partial charge is 0.284 e. The summed E-state index contributed by atoms with van der Waals surface area (Å²) in [4.78, 5) is 3.00. The molecular weight excluding hydrogens is 159 g/mol. The minimum Gasteiger partial charge on any atom is -0.506 e. The van der Waals surface area contributed by atoms with Crippen molar-refractivity contribution in [3.05, 3.63) is 23.8 Å². The Bertz CT molecular complexity index is 264. The lowest BCUT2D eigenvalue weighted by atomic mass is 10.3. The van der Waals surface area contributed by atoms with Crippen molar-refractivity contribution in [2.24, 2.45) is 0 Å². The van der Waals surface area contributed by atoms with E-state index in [-0.39, 0.29) is 0 Å². The van der Waals surface area contributed by atoms with E-state index in [2.05, 4.69) is 4.98 Å². The van der Waals surface area contributed by atoms with E-state index in [0.29, 0.717) is 12.3 Å². The van der Waals surface area contributed by atoms with Gasteiger partial charge >= 0.3 is 0 Å². The molecule has 0 saturated heterocycles. The first-order chi connectivity index (χ1) is 5.11. The van der Waals surface area contributed by atoms with Crippen LogP contribution in [0.4, 0.5) is 13.2 Å². The first-order valence-electron chi connectivity index (χ1n) is 2.74. The Kier molecular flexibility index (Phi) is 1.98. The monoisotopic (exact) mass is 163 g/mol. The molecule has 1 N–H and O–H groups in total.